The first-order valence-corrected chi connectivity index (χ1v) is 12.7. The molecule has 0 radical (unpaired) electrons. The molecule has 208 valence electrons. The smallest absolute Gasteiger partial charge is 0.323 e. The van der Waals surface area contributed by atoms with E-state index in [2.05, 4.69) is 0 Å². The Morgan fingerprint density at radius 1 is 0.784 bits per heavy atom. The minimum absolute atomic E-state index is 0.0800. The van der Waals surface area contributed by atoms with Crippen LogP contribution in [0.2, 0.25) is 0 Å². The van der Waals surface area contributed by atoms with Gasteiger partial charge in [0.15, 0.2) is 11.5 Å². The Hall–Kier alpha value is -2.94. The van der Waals surface area contributed by atoms with Gasteiger partial charge in [0.05, 0.1) is 5.41 Å². The van der Waals surface area contributed by atoms with Crippen molar-refractivity contribution in [3.63, 3.8) is 0 Å². The summed E-state index contributed by atoms with van der Waals surface area (Å²) in [6.07, 6.45) is -0.892. The van der Waals surface area contributed by atoms with E-state index in [4.69, 9.17) is 24.7 Å². The molecule has 0 spiro atoms. The van der Waals surface area contributed by atoms with E-state index in [1.165, 1.54) is 12.1 Å². The first-order valence-electron chi connectivity index (χ1n) is 12.7. The van der Waals surface area contributed by atoms with Gasteiger partial charge in [-0.3, -0.25) is 19.2 Å². The fourth-order valence-electron chi connectivity index (χ4n) is 2.98. The number of nitrogens with two attached hydrogens (primary N) is 1. The van der Waals surface area contributed by atoms with Crippen molar-refractivity contribution in [2.45, 2.75) is 99.8 Å². The van der Waals surface area contributed by atoms with Gasteiger partial charge >= 0.3 is 23.9 Å². The van der Waals surface area contributed by atoms with Crippen LogP contribution in [0.25, 0.3) is 0 Å². The number of benzene rings is 1. The molecule has 0 aliphatic rings. The van der Waals surface area contributed by atoms with Crippen LogP contribution in [-0.2, 0) is 35.1 Å². The maximum atomic E-state index is 12.6. The summed E-state index contributed by atoms with van der Waals surface area (Å²) in [5.41, 5.74) is 5.99. The highest BCUT2D eigenvalue weighted by Crippen LogP contribution is 2.30. The maximum absolute atomic E-state index is 12.6. The SMILES string of the molecule is CC(C)CC(=O)Oc1ccc(C[C@H](N)C(=O)O[C@@H](C)C(C)OC(=O)C(C)(C)C)cc1OC(=O)CC(C)C. The van der Waals surface area contributed by atoms with E-state index >= 15 is 0 Å². The molecule has 1 aromatic rings. The van der Waals surface area contributed by atoms with Gasteiger partial charge in [0.25, 0.3) is 0 Å². The first-order chi connectivity index (χ1) is 17.0. The number of carbonyl (C=O) groups excluding carboxylic acids is 4. The summed E-state index contributed by atoms with van der Waals surface area (Å²) in [6, 6.07) is 3.66. The quantitative estimate of drug-likeness (QED) is 0.314. The number of ether oxygens (including phenoxy) is 4. The van der Waals surface area contributed by atoms with Crippen molar-refractivity contribution in [3.05, 3.63) is 23.8 Å². The number of hydrogen-bond donors (Lipinski definition) is 1. The van der Waals surface area contributed by atoms with Crippen molar-refractivity contribution in [1.82, 2.24) is 0 Å². The Morgan fingerprint density at radius 2 is 1.27 bits per heavy atom. The van der Waals surface area contributed by atoms with Crippen molar-refractivity contribution in [2.75, 3.05) is 0 Å². The van der Waals surface area contributed by atoms with Crippen molar-refractivity contribution in [1.29, 1.82) is 0 Å². The van der Waals surface area contributed by atoms with Gasteiger partial charge in [-0.1, -0.05) is 33.8 Å². The van der Waals surface area contributed by atoms with Gasteiger partial charge in [-0.15, -0.1) is 0 Å². The predicted molar refractivity (Wildman–Crippen MR) is 139 cm³/mol. The minimum atomic E-state index is -1.03. The van der Waals surface area contributed by atoms with Crippen LogP contribution in [-0.4, -0.2) is 42.1 Å². The Labute approximate surface area is 220 Å². The lowest BCUT2D eigenvalue weighted by Crippen LogP contribution is -2.40. The lowest BCUT2D eigenvalue weighted by molar-refractivity contribution is -0.171. The van der Waals surface area contributed by atoms with Gasteiger partial charge in [-0.25, -0.2) is 0 Å². The standard InChI is InChI=1S/C28H43NO8/c1-16(2)12-24(30)36-22-11-10-20(15-23(22)37-25(31)13-17(3)4)14-21(29)26(32)34-18(5)19(6)35-27(33)28(7,8)9/h10-11,15-19,21H,12-14,29H2,1-9H3/t18-,19?,21-/m0/s1. The fraction of sp³-hybridized carbons (Fsp3) is 0.643. The molecule has 0 saturated heterocycles. The van der Waals surface area contributed by atoms with Crippen LogP contribution < -0.4 is 15.2 Å². The third-order valence-corrected chi connectivity index (χ3v) is 5.23. The van der Waals surface area contributed by atoms with Crippen molar-refractivity contribution >= 4 is 23.9 Å². The first kappa shape index (κ1) is 32.1. The van der Waals surface area contributed by atoms with Crippen LogP contribution in [0.1, 0.15) is 80.7 Å². The van der Waals surface area contributed by atoms with Gasteiger partial charge in [-0.05, 0) is 70.6 Å². The Morgan fingerprint density at radius 3 is 1.76 bits per heavy atom. The Balaban J connectivity index is 2.95. The van der Waals surface area contributed by atoms with E-state index in [9.17, 15) is 19.2 Å². The molecule has 0 aromatic heterocycles. The molecule has 9 heteroatoms. The summed E-state index contributed by atoms with van der Waals surface area (Å²) < 4.78 is 21.7. The molecule has 2 N–H and O–H groups in total. The van der Waals surface area contributed by atoms with Crippen LogP contribution >= 0.6 is 0 Å². The molecule has 0 saturated carbocycles. The van der Waals surface area contributed by atoms with Crippen molar-refractivity contribution < 1.29 is 38.1 Å². The summed E-state index contributed by atoms with van der Waals surface area (Å²) in [4.78, 5) is 49.2. The summed E-state index contributed by atoms with van der Waals surface area (Å²) in [7, 11) is 0. The normalized spacial score (nSPS) is 14.1. The van der Waals surface area contributed by atoms with Crippen LogP contribution in [0.5, 0.6) is 11.5 Å². The second-order valence-electron chi connectivity index (χ2n) is 11.2. The van der Waals surface area contributed by atoms with E-state index in [1.54, 1.807) is 40.7 Å². The largest absolute Gasteiger partial charge is 0.458 e. The second kappa shape index (κ2) is 14.1. The lowest BCUT2D eigenvalue weighted by atomic mass is 9.97. The third kappa shape index (κ3) is 11.8. The molecule has 9 nitrogen and oxygen atoms in total. The van der Waals surface area contributed by atoms with Gasteiger partial charge < -0.3 is 24.7 Å². The monoisotopic (exact) mass is 521 g/mol. The summed E-state index contributed by atoms with van der Waals surface area (Å²) >= 11 is 0. The highest BCUT2D eigenvalue weighted by atomic mass is 16.6. The molecule has 3 atom stereocenters. The zero-order valence-electron chi connectivity index (χ0n) is 23.6. The topological polar surface area (TPSA) is 131 Å². The molecule has 0 heterocycles. The highest BCUT2D eigenvalue weighted by Gasteiger charge is 2.29. The van der Waals surface area contributed by atoms with Crippen LogP contribution in [0.15, 0.2) is 18.2 Å². The van der Waals surface area contributed by atoms with Gasteiger partial charge in [0, 0.05) is 12.8 Å². The molecule has 1 rings (SSSR count). The lowest BCUT2D eigenvalue weighted by Gasteiger charge is -2.25. The van der Waals surface area contributed by atoms with E-state index in [0.717, 1.165) is 0 Å². The van der Waals surface area contributed by atoms with E-state index in [1.807, 2.05) is 27.7 Å². The number of esters is 4. The fourth-order valence-corrected chi connectivity index (χ4v) is 2.98. The number of rotatable bonds is 12. The van der Waals surface area contributed by atoms with Gasteiger partial charge in [0.2, 0.25) is 0 Å². The molecule has 0 aliphatic heterocycles. The van der Waals surface area contributed by atoms with Crippen LogP contribution in [0.4, 0.5) is 0 Å². The highest BCUT2D eigenvalue weighted by molar-refractivity contribution is 5.78. The Bertz CT molecular complexity index is 948. The zero-order valence-corrected chi connectivity index (χ0v) is 23.6. The third-order valence-electron chi connectivity index (χ3n) is 5.23. The average Bonchev–Trinajstić information content (AvgIpc) is 2.73. The summed E-state index contributed by atoms with van der Waals surface area (Å²) in [5.74, 6) is -1.60. The second-order valence-corrected chi connectivity index (χ2v) is 11.2. The Kier molecular flexibility index (Phi) is 12.2. The van der Waals surface area contributed by atoms with Crippen molar-refractivity contribution in [3.8, 4) is 11.5 Å². The van der Waals surface area contributed by atoms with Crippen LogP contribution in [0.3, 0.4) is 0 Å². The van der Waals surface area contributed by atoms with Gasteiger partial charge in [0.1, 0.15) is 18.2 Å². The summed E-state index contributed by atoms with van der Waals surface area (Å²) in [5, 5.41) is 0. The maximum Gasteiger partial charge on any atom is 0.323 e. The molecule has 0 bridgehead atoms. The molecular weight excluding hydrogens is 478 g/mol. The van der Waals surface area contributed by atoms with E-state index in [0.29, 0.717) is 5.56 Å². The average molecular weight is 522 g/mol. The molecule has 1 unspecified atom stereocenters. The van der Waals surface area contributed by atoms with Crippen LogP contribution in [0, 0.1) is 17.3 Å². The number of carbonyl (C=O) groups is 4. The molecule has 1 aromatic carbocycles. The minimum Gasteiger partial charge on any atom is -0.458 e. The summed E-state index contributed by atoms with van der Waals surface area (Å²) in [6.45, 7) is 16.0. The van der Waals surface area contributed by atoms with E-state index < -0.39 is 47.5 Å². The molecule has 0 fully saturated rings. The zero-order chi connectivity index (χ0) is 28.5. The van der Waals surface area contributed by atoms with Gasteiger partial charge in [-0.2, -0.15) is 0 Å². The number of hydrogen-bond acceptors (Lipinski definition) is 9. The molecule has 0 aliphatic carbocycles. The predicted octanol–water partition coefficient (Wildman–Crippen LogP) is 4.37. The molecular formula is C28H43NO8. The van der Waals surface area contributed by atoms with Crippen molar-refractivity contribution in [2.24, 2.45) is 23.0 Å². The molecule has 0 amide bonds. The van der Waals surface area contributed by atoms with E-state index in [-0.39, 0.29) is 42.6 Å². The molecule has 37 heavy (non-hydrogen) atoms.